The van der Waals surface area contributed by atoms with Crippen LogP contribution in [0.3, 0.4) is 0 Å². The van der Waals surface area contributed by atoms with Crippen LogP contribution in [0.1, 0.15) is 18.9 Å². The number of aromatic nitrogens is 3. The molecule has 0 saturated heterocycles. The van der Waals surface area contributed by atoms with Gasteiger partial charge in [-0.25, -0.2) is 9.89 Å². The van der Waals surface area contributed by atoms with Crippen molar-refractivity contribution < 1.29 is 0 Å². The predicted octanol–water partition coefficient (Wildman–Crippen LogP) is 2.18. The first-order valence-electron chi connectivity index (χ1n) is 6.00. The van der Waals surface area contributed by atoms with Gasteiger partial charge in [0.05, 0.1) is 0 Å². The lowest BCUT2D eigenvalue weighted by Crippen LogP contribution is -2.17. The van der Waals surface area contributed by atoms with E-state index in [-0.39, 0.29) is 11.5 Å². The van der Waals surface area contributed by atoms with Crippen LogP contribution in [0.25, 0.3) is 0 Å². The van der Waals surface area contributed by atoms with E-state index < -0.39 is 0 Å². The first kappa shape index (κ1) is 14.9. The van der Waals surface area contributed by atoms with Crippen molar-refractivity contribution in [3.8, 4) is 0 Å². The van der Waals surface area contributed by atoms with Crippen molar-refractivity contribution in [2.75, 3.05) is 0 Å². The number of nitrogens with two attached hydrogens (primary N) is 1. The first-order chi connectivity index (χ1) is 9.52. The molecule has 0 radical (unpaired) electrons. The highest BCUT2D eigenvalue weighted by molar-refractivity contribution is 9.10. The minimum atomic E-state index is -0.226. The van der Waals surface area contributed by atoms with E-state index in [0.29, 0.717) is 17.3 Å². The summed E-state index contributed by atoms with van der Waals surface area (Å²) in [5, 5.41) is 14.7. The molecule has 2 rings (SSSR count). The molecule has 1 aromatic carbocycles. The minimum absolute atomic E-state index is 0.0197. The summed E-state index contributed by atoms with van der Waals surface area (Å²) in [6.45, 7) is 2.60. The Kier molecular flexibility index (Phi) is 4.66. The number of halogens is 1. The fraction of sp³-hybridized carbons (Fsp3) is 0.250. The standard InChI is InChI=1S/C12H14BrN5OS/c1-2-5-18-11(19)16-17-12(18)20-9-4-3-7(13)6-8(9)10(14)15/h3-4,6H,2,5H2,1H3,(H3,14,15)(H,16,19). The third-order valence-electron chi connectivity index (χ3n) is 2.60. The van der Waals surface area contributed by atoms with Gasteiger partial charge in [-0.1, -0.05) is 22.9 Å². The molecule has 0 spiro atoms. The number of benzene rings is 1. The number of nitrogens with zero attached hydrogens (tertiary/aromatic N) is 2. The molecule has 0 unspecified atom stereocenters. The van der Waals surface area contributed by atoms with Gasteiger partial charge in [0, 0.05) is 21.5 Å². The summed E-state index contributed by atoms with van der Waals surface area (Å²) in [6, 6.07) is 5.49. The maximum atomic E-state index is 11.7. The molecule has 0 bridgehead atoms. The quantitative estimate of drug-likeness (QED) is 0.565. The van der Waals surface area contributed by atoms with Gasteiger partial charge in [0.1, 0.15) is 5.84 Å². The number of amidine groups is 1. The normalized spacial score (nSPS) is 10.7. The Morgan fingerprint density at radius 2 is 2.35 bits per heavy atom. The minimum Gasteiger partial charge on any atom is -0.384 e. The third kappa shape index (κ3) is 3.13. The number of H-pyrrole nitrogens is 1. The summed E-state index contributed by atoms with van der Waals surface area (Å²) in [4.78, 5) is 12.4. The van der Waals surface area contributed by atoms with Gasteiger partial charge in [0.2, 0.25) is 0 Å². The Hall–Kier alpha value is -1.54. The molecule has 0 fully saturated rings. The Morgan fingerprint density at radius 3 is 3.00 bits per heavy atom. The maximum Gasteiger partial charge on any atom is 0.343 e. The van der Waals surface area contributed by atoms with Crippen LogP contribution in [0, 0.1) is 5.41 Å². The lowest BCUT2D eigenvalue weighted by Gasteiger charge is -2.08. The van der Waals surface area contributed by atoms with Crippen LogP contribution < -0.4 is 11.4 Å². The second kappa shape index (κ2) is 6.27. The Morgan fingerprint density at radius 1 is 1.60 bits per heavy atom. The molecule has 6 nitrogen and oxygen atoms in total. The smallest absolute Gasteiger partial charge is 0.343 e. The molecule has 0 aliphatic rings. The van der Waals surface area contributed by atoms with Gasteiger partial charge in [0.15, 0.2) is 5.16 Å². The topological polar surface area (TPSA) is 101 Å². The number of nitrogen functional groups attached to an aromatic ring is 1. The molecular weight excluding hydrogens is 342 g/mol. The maximum absolute atomic E-state index is 11.7. The first-order valence-corrected chi connectivity index (χ1v) is 7.61. The van der Waals surface area contributed by atoms with Crippen molar-refractivity contribution in [1.82, 2.24) is 14.8 Å². The van der Waals surface area contributed by atoms with E-state index in [1.165, 1.54) is 11.8 Å². The number of hydrogen-bond donors (Lipinski definition) is 3. The van der Waals surface area contributed by atoms with E-state index in [0.717, 1.165) is 15.8 Å². The monoisotopic (exact) mass is 355 g/mol. The Balaban J connectivity index is 2.40. The molecule has 2 aromatic rings. The summed E-state index contributed by atoms with van der Waals surface area (Å²) >= 11 is 4.67. The van der Waals surface area contributed by atoms with Crippen molar-refractivity contribution in [3.05, 3.63) is 38.7 Å². The van der Waals surface area contributed by atoms with Gasteiger partial charge in [-0.15, -0.1) is 5.10 Å². The van der Waals surface area contributed by atoms with E-state index in [1.807, 2.05) is 19.1 Å². The van der Waals surface area contributed by atoms with Crippen molar-refractivity contribution in [2.24, 2.45) is 5.73 Å². The van der Waals surface area contributed by atoms with Gasteiger partial charge < -0.3 is 5.73 Å². The van der Waals surface area contributed by atoms with Crippen LogP contribution in [0.2, 0.25) is 0 Å². The average Bonchev–Trinajstić information content (AvgIpc) is 2.74. The van der Waals surface area contributed by atoms with Crippen LogP contribution in [0.15, 0.2) is 37.5 Å². The molecule has 106 valence electrons. The molecule has 0 aliphatic heterocycles. The highest BCUT2D eigenvalue weighted by Crippen LogP contribution is 2.30. The number of nitrogens with one attached hydrogen (secondary N) is 2. The zero-order valence-electron chi connectivity index (χ0n) is 10.8. The molecule has 20 heavy (non-hydrogen) atoms. The van der Waals surface area contributed by atoms with Crippen LogP contribution in [0.4, 0.5) is 0 Å². The van der Waals surface area contributed by atoms with E-state index >= 15 is 0 Å². The zero-order chi connectivity index (χ0) is 14.7. The zero-order valence-corrected chi connectivity index (χ0v) is 13.2. The predicted molar refractivity (Wildman–Crippen MR) is 82.4 cm³/mol. The molecule has 0 aliphatic carbocycles. The van der Waals surface area contributed by atoms with Crippen LogP contribution in [-0.4, -0.2) is 20.6 Å². The number of aromatic amines is 1. The largest absolute Gasteiger partial charge is 0.384 e. The van der Waals surface area contributed by atoms with Crippen molar-refractivity contribution in [2.45, 2.75) is 29.9 Å². The van der Waals surface area contributed by atoms with E-state index in [1.54, 1.807) is 10.6 Å². The summed E-state index contributed by atoms with van der Waals surface area (Å²) < 4.78 is 2.43. The van der Waals surface area contributed by atoms with Crippen LogP contribution >= 0.6 is 27.7 Å². The van der Waals surface area contributed by atoms with Crippen LogP contribution in [0.5, 0.6) is 0 Å². The fourth-order valence-electron chi connectivity index (χ4n) is 1.70. The Bertz CT molecular complexity index is 693. The second-order valence-electron chi connectivity index (χ2n) is 4.12. The number of hydrogen-bond acceptors (Lipinski definition) is 4. The molecular formula is C12H14BrN5OS. The SMILES string of the molecule is CCCn1c(Sc2ccc(Br)cc2C(=N)N)n[nH]c1=O. The van der Waals surface area contributed by atoms with Crippen molar-refractivity contribution in [1.29, 1.82) is 5.41 Å². The summed E-state index contributed by atoms with van der Waals surface area (Å²) in [5.74, 6) is -0.0197. The highest BCUT2D eigenvalue weighted by atomic mass is 79.9. The molecule has 4 N–H and O–H groups in total. The van der Waals surface area contributed by atoms with E-state index in [9.17, 15) is 4.79 Å². The van der Waals surface area contributed by atoms with E-state index in [2.05, 4.69) is 26.1 Å². The highest BCUT2D eigenvalue weighted by Gasteiger charge is 2.13. The Labute approximate surface area is 128 Å². The van der Waals surface area contributed by atoms with Crippen molar-refractivity contribution in [3.63, 3.8) is 0 Å². The van der Waals surface area contributed by atoms with Gasteiger partial charge in [-0.3, -0.25) is 9.98 Å². The number of rotatable bonds is 5. The summed E-state index contributed by atoms with van der Waals surface area (Å²) in [7, 11) is 0. The van der Waals surface area contributed by atoms with Gasteiger partial charge in [-0.05, 0) is 36.4 Å². The van der Waals surface area contributed by atoms with Crippen molar-refractivity contribution >= 4 is 33.5 Å². The van der Waals surface area contributed by atoms with E-state index in [4.69, 9.17) is 11.1 Å². The molecule has 0 amide bonds. The third-order valence-corrected chi connectivity index (χ3v) is 4.17. The molecule has 1 heterocycles. The molecule has 1 aromatic heterocycles. The van der Waals surface area contributed by atoms with Gasteiger partial charge in [-0.2, -0.15) is 0 Å². The summed E-state index contributed by atoms with van der Waals surface area (Å²) in [5.41, 5.74) is 5.98. The van der Waals surface area contributed by atoms with Crippen LogP contribution in [-0.2, 0) is 6.54 Å². The molecule has 0 atom stereocenters. The second-order valence-corrected chi connectivity index (χ2v) is 6.04. The van der Waals surface area contributed by atoms with Gasteiger partial charge in [0.25, 0.3) is 0 Å². The lowest BCUT2D eigenvalue weighted by atomic mass is 10.2. The molecule has 0 saturated carbocycles. The lowest BCUT2D eigenvalue weighted by molar-refractivity contribution is 0.604. The van der Waals surface area contributed by atoms with Gasteiger partial charge >= 0.3 is 5.69 Å². The molecule has 8 heteroatoms. The average molecular weight is 356 g/mol. The fourth-order valence-corrected chi connectivity index (χ4v) is 3.05. The summed E-state index contributed by atoms with van der Waals surface area (Å²) in [6.07, 6.45) is 0.840.